The van der Waals surface area contributed by atoms with Gasteiger partial charge in [0.2, 0.25) is 0 Å². The largest absolute Gasteiger partial charge is 0.380 e. The Balaban J connectivity index is 1.51. The Kier molecular flexibility index (Phi) is 4.30. The maximum absolute atomic E-state index is 5.47. The highest BCUT2D eigenvalue weighted by Gasteiger charge is 2.27. The molecule has 3 heterocycles. The molecule has 3 rings (SSSR count). The van der Waals surface area contributed by atoms with Gasteiger partial charge in [0.25, 0.3) is 0 Å². The van der Waals surface area contributed by atoms with E-state index in [2.05, 4.69) is 36.1 Å². The molecule has 2 aliphatic heterocycles. The quantitative estimate of drug-likeness (QED) is 0.919. The molecule has 0 aromatic carbocycles. The van der Waals surface area contributed by atoms with Crippen molar-refractivity contribution in [3.05, 3.63) is 17.0 Å². The van der Waals surface area contributed by atoms with Crippen LogP contribution in [0, 0.1) is 0 Å². The summed E-state index contributed by atoms with van der Waals surface area (Å²) in [6.07, 6.45) is 6.87. The maximum Gasteiger partial charge on any atom is 0.143 e. The van der Waals surface area contributed by atoms with Crippen LogP contribution in [-0.4, -0.2) is 53.3 Å². The lowest BCUT2D eigenvalue weighted by Gasteiger charge is -2.35. The van der Waals surface area contributed by atoms with E-state index in [9.17, 15) is 0 Å². The number of hydrogen-bond donors (Lipinski definition) is 1. The van der Waals surface area contributed by atoms with Crippen LogP contribution in [0.3, 0.4) is 0 Å². The topological polar surface area (TPSA) is 50.3 Å². The smallest absolute Gasteiger partial charge is 0.143 e. The molecule has 0 saturated carbocycles. The first-order valence-corrected chi connectivity index (χ1v) is 7.66. The van der Waals surface area contributed by atoms with Crippen LogP contribution in [0.25, 0.3) is 0 Å². The standard InChI is InChI=1S/C13H19BrN4O/c14-12-7-15-9-16-13(12)17-10-1-4-18(5-2-10)11-3-6-19-8-11/h7,9-11H,1-6,8H2,(H,15,16,17). The normalized spacial score (nSPS) is 25.6. The second-order valence-corrected chi connectivity index (χ2v) is 6.05. The Bertz CT molecular complexity index is 417. The SMILES string of the molecule is Brc1cncnc1NC1CCN(C2CCOC2)CC1. The van der Waals surface area contributed by atoms with Gasteiger partial charge in [0.1, 0.15) is 12.1 Å². The Morgan fingerprint density at radius 3 is 2.84 bits per heavy atom. The van der Waals surface area contributed by atoms with E-state index in [1.54, 1.807) is 12.5 Å². The summed E-state index contributed by atoms with van der Waals surface area (Å²) in [5.41, 5.74) is 0. The minimum atomic E-state index is 0.504. The number of anilines is 1. The second kappa shape index (κ2) is 6.15. The van der Waals surface area contributed by atoms with E-state index in [1.807, 2.05) is 0 Å². The molecule has 0 aliphatic carbocycles. The van der Waals surface area contributed by atoms with Gasteiger partial charge < -0.3 is 10.1 Å². The molecule has 0 spiro atoms. The van der Waals surface area contributed by atoms with Crippen molar-refractivity contribution in [1.29, 1.82) is 0 Å². The Morgan fingerprint density at radius 1 is 1.32 bits per heavy atom. The average Bonchev–Trinajstić information content (AvgIpc) is 2.96. The molecule has 1 atom stereocenters. The Morgan fingerprint density at radius 2 is 2.16 bits per heavy atom. The van der Waals surface area contributed by atoms with Gasteiger partial charge in [-0.25, -0.2) is 9.97 Å². The summed E-state index contributed by atoms with van der Waals surface area (Å²) >= 11 is 3.47. The van der Waals surface area contributed by atoms with Crippen molar-refractivity contribution in [1.82, 2.24) is 14.9 Å². The van der Waals surface area contributed by atoms with Gasteiger partial charge in [-0.15, -0.1) is 0 Å². The zero-order valence-electron chi connectivity index (χ0n) is 10.9. The average molecular weight is 327 g/mol. The van der Waals surface area contributed by atoms with E-state index in [0.717, 1.165) is 49.4 Å². The van der Waals surface area contributed by atoms with Crippen LogP contribution in [0.2, 0.25) is 0 Å². The van der Waals surface area contributed by atoms with Crippen molar-refractivity contribution in [2.24, 2.45) is 0 Å². The third-order valence-electron chi connectivity index (χ3n) is 3.96. The summed E-state index contributed by atoms with van der Waals surface area (Å²) < 4.78 is 6.40. The molecule has 0 bridgehead atoms. The molecule has 5 nitrogen and oxygen atoms in total. The van der Waals surface area contributed by atoms with Crippen molar-refractivity contribution in [2.45, 2.75) is 31.3 Å². The fourth-order valence-electron chi connectivity index (χ4n) is 2.83. The number of ether oxygens (including phenoxy) is 1. The number of piperidine rings is 1. The van der Waals surface area contributed by atoms with Crippen LogP contribution < -0.4 is 5.32 Å². The minimum Gasteiger partial charge on any atom is -0.380 e. The molecule has 104 valence electrons. The molecule has 1 unspecified atom stereocenters. The molecule has 2 fully saturated rings. The summed E-state index contributed by atoms with van der Waals surface area (Å²) in [6.45, 7) is 4.13. The van der Waals surface area contributed by atoms with Gasteiger partial charge in [0, 0.05) is 38.0 Å². The number of nitrogens with zero attached hydrogens (tertiary/aromatic N) is 3. The summed E-state index contributed by atoms with van der Waals surface area (Å²) in [6, 6.07) is 1.15. The second-order valence-electron chi connectivity index (χ2n) is 5.19. The van der Waals surface area contributed by atoms with Crippen molar-refractivity contribution >= 4 is 21.7 Å². The predicted molar refractivity (Wildman–Crippen MR) is 77.2 cm³/mol. The van der Waals surface area contributed by atoms with E-state index in [0.29, 0.717) is 12.1 Å². The van der Waals surface area contributed by atoms with Crippen LogP contribution >= 0.6 is 15.9 Å². The van der Waals surface area contributed by atoms with E-state index >= 15 is 0 Å². The van der Waals surface area contributed by atoms with E-state index < -0.39 is 0 Å². The minimum absolute atomic E-state index is 0.504. The van der Waals surface area contributed by atoms with Gasteiger partial charge in [-0.05, 0) is 35.2 Å². The molecule has 1 N–H and O–H groups in total. The molecule has 2 aliphatic rings. The molecule has 0 radical (unpaired) electrons. The van der Waals surface area contributed by atoms with Gasteiger partial charge in [0.05, 0.1) is 11.1 Å². The fourth-order valence-corrected chi connectivity index (χ4v) is 3.17. The van der Waals surface area contributed by atoms with Crippen LogP contribution in [-0.2, 0) is 4.74 Å². The van der Waals surface area contributed by atoms with Crippen molar-refractivity contribution in [3.8, 4) is 0 Å². The van der Waals surface area contributed by atoms with Crippen molar-refractivity contribution in [3.63, 3.8) is 0 Å². The predicted octanol–water partition coefficient (Wildman–Crippen LogP) is 1.90. The summed E-state index contributed by atoms with van der Waals surface area (Å²) in [5.74, 6) is 0.901. The van der Waals surface area contributed by atoms with Crippen molar-refractivity contribution < 1.29 is 4.74 Å². The van der Waals surface area contributed by atoms with Gasteiger partial charge in [-0.1, -0.05) is 0 Å². The number of aromatic nitrogens is 2. The highest BCUT2D eigenvalue weighted by atomic mass is 79.9. The Labute approximate surface area is 121 Å². The highest BCUT2D eigenvalue weighted by molar-refractivity contribution is 9.10. The number of halogens is 1. The lowest BCUT2D eigenvalue weighted by atomic mass is 10.0. The van der Waals surface area contributed by atoms with Gasteiger partial charge >= 0.3 is 0 Å². The van der Waals surface area contributed by atoms with Crippen LogP contribution in [0.4, 0.5) is 5.82 Å². The van der Waals surface area contributed by atoms with E-state index in [1.165, 1.54) is 6.42 Å². The Hall–Kier alpha value is -0.720. The molecule has 19 heavy (non-hydrogen) atoms. The van der Waals surface area contributed by atoms with Crippen LogP contribution in [0.15, 0.2) is 17.0 Å². The van der Waals surface area contributed by atoms with Crippen LogP contribution in [0.5, 0.6) is 0 Å². The summed E-state index contributed by atoms with van der Waals surface area (Å²) in [7, 11) is 0. The van der Waals surface area contributed by atoms with E-state index in [-0.39, 0.29) is 0 Å². The molecule has 1 aromatic rings. The van der Waals surface area contributed by atoms with Crippen molar-refractivity contribution in [2.75, 3.05) is 31.6 Å². The van der Waals surface area contributed by atoms with Gasteiger partial charge in [0.15, 0.2) is 0 Å². The molecule has 1 aromatic heterocycles. The molecule has 2 saturated heterocycles. The van der Waals surface area contributed by atoms with E-state index in [4.69, 9.17) is 4.74 Å². The molecular weight excluding hydrogens is 308 g/mol. The molecule has 6 heteroatoms. The monoisotopic (exact) mass is 326 g/mol. The maximum atomic E-state index is 5.47. The third-order valence-corrected chi connectivity index (χ3v) is 4.54. The summed E-state index contributed by atoms with van der Waals surface area (Å²) in [4.78, 5) is 10.8. The number of hydrogen-bond acceptors (Lipinski definition) is 5. The lowest BCUT2D eigenvalue weighted by Crippen LogP contribution is -2.45. The van der Waals surface area contributed by atoms with Crippen LogP contribution in [0.1, 0.15) is 19.3 Å². The number of nitrogens with one attached hydrogen (secondary N) is 1. The zero-order chi connectivity index (χ0) is 13.1. The third kappa shape index (κ3) is 3.24. The molecule has 0 amide bonds. The lowest BCUT2D eigenvalue weighted by molar-refractivity contribution is 0.124. The first kappa shape index (κ1) is 13.3. The first-order chi connectivity index (χ1) is 9.33. The number of likely N-dealkylation sites (tertiary alicyclic amines) is 1. The van der Waals surface area contributed by atoms with Gasteiger partial charge in [-0.2, -0.15) is 0 Å². The van der Waals surface area contributed by atoms with Gasteiger partial charge in [-0.3, -0.25) is 4.90 Å². The zero-order valence-corrected chi connectivity index (χ0v) is 12.5. The fraction of sp³-hybridized carbons (Fsp3) is 0.692. The number of rotatable bonds is 3. The highest BCUT2D eigenvalue weighted by Crippen LogP contribution is 2.23. The summed E-state index contributed by atoms with van der Waals surface area (Å²) in [5, 5.41) is 3.50. The molecular formula is C13H19BrN4O. The first-order valence-electron chi connectivity index (χ1n) is 6.87.